The number of allylic oxidation sites excluding steroid dienone is 1. The fraction of sp³-hybridized carbons (Fsp3) is 0.324. The van der Waals surface area contributed by atoms with Crippen LogP contribution in [0.3, 0.4) is 0 Å². The van der Waals surface area contributed by atoms with Crippen LogP contribution in [0.4, 0.5) is 11.4 Å². The summed E-state index contributed by atoms with van der Waals surface area (Å²) in [4.78, 5) is 44.4. The number of hydrogen-bond donors (Lipinski definition) is 1. The molecule has 0 unspecified atom stereocenters. The zero-order valence-electron chi connectivity index (χ0n) is 22.7. The third-order valence-corrected chi connectivity index (χ3v) is 8.89. The summed E-state index contributed by atoms with van der Waals surface area (Å²) in [6.45, 7) is 5.77. The van der Waals surface area contributed by atoms with Gasteiger partial charge < -0.3 is 10.2 Å². The number of benzene rings is 3. The van der Waals surface area contributed by atoms with Crippen LogP contribution in [0.15, 0.2) is 78.9 Å². The molecule has 6 rings (SSSR count). The smallest absolute Gasteiger partial charge is 0.238 e. The maximum Gasteiger partial charge on any atom is 0.238 e. The van der Waals surface area contributed by atoms with Gasteiger partial charge in [-0.1, -0.05) is 86.5 Å². The van der Waals surface area contributed by atoms with E-state index in [0.29, 0.717) is 11.3 Å². The number of unbranched alkanes of at least 4 members (excludes halogenated alkanes) is 2. The Labute approximate surface area is 229 Å². The Morgan fingerprint density at radius 1 is 0.949 bits per heavy atom. The van der Waals surface area contributed by atoms with E-state index in [-0.39, 0.29) is 17.5 Å². The van der Waals surface area contributed by atoms with Crippen molar-refractivity contribution in [2.75, 3.05) is 10.2 Å². The fourth-order valence-electron chi connectivity index (χ4n) is 7.13. The van der Waals surface area contributed by atoms with Crippen LogP contribution in [0, 0.1) is 5.92 Å². The van der Waals surface area contributed by atoms with Gasteiger partial charge in [-0.15, -0.1) is 0 Å². The van der Waals surface area contributed by atoms with E-state index in [0.717, 1.165) is 41.6 Å². The van der Waals surface area contributed by atoms with Crippen LogP contribution in [-0.4, -0.2) is 29.6 Å². The minimum absolute atomic E-state index is 0.119. The maximum absolute atomic E-state index is 14.6. The lowest BCUT2D eigenvalue weighted by Gasteiger charge is -2.39. The van der Waals surface area contributed by atoms with Gasteiger partial charge in [-0.3, -0.25) is 14.4 Å². The summed E-state index contributed by atoms with van der Waals surface area (Å²) in [5, 5.41) is 3.08. The number of ketones is 2. The summed E-state index contributed by atoms with van der Waals surface area (Å²) in [7, 11) is 0. The van der Waals surface area contributed by atoms with Gasteiger partial charge in [0.15, 0.2) is 11.6 Å². The molecule has 1 amide bonds. The molecular formula is C34H34N2O3. The third kappa shape index (κ3) is 3.70. The lowest BCUT2D eigenvalue weighted by Crippen LogP contribution is -2.51. The number of nitrogens with zero attached hydrogens (tertiary/aromatic N) is 1. The molecule has 3 aliphatic heterocycles. The number of carbonyl (C=O) groups excluding carboxylic acids is 3. The number of fused-ring (bicyclic) bond motifs is 6. The summed E-state index contributed by atoms with van der Waals surface area (Å²) < 4.78 is 0. The third-order valence-electron chi connectivity index (χ3n) is 8.89. The molecule has 1 spiro atoms. The number of nitrogens with one attached hydrogen (secondary N) is 1. The van der Waals surface area contributed by atoms with Crippen molar-refractivity contribution in [1.82, 2.24) is 0 Å². The van der Waals surface area contributed by atoms with Gasteiger partial charge in [-0.05, 0) is 55.5 Å². The highest BCUT2D eigenvalue weighted by Gasteiger charge is 2.70. The molecule has 1 fully saturated rings. The molecule has 3 aromatic carbocycles. The zero-order valence-corrected chi connectivity index (χ0v) is 22.7. The summed E-state index contributed by atoms with van der Waals surface area (Å²) in [6.07, 6.45) is 6.50. The normalized spacial score (nSPS) is 24.6. The van der Waals surface area contributed by atoms with E-state index in [1.54, 1.807) is 6.92 Å². The molecule has 0 bridgehead atoms. The first kappa shape index (κ1) is 25.3. The first-order valence-electron chi connectivity index (χ1n) is 14.0. The van der Waals surface area contributed by atoms with Crippen molar-refractivity contribution >= 4 is 34.4 Å². The Morgan fingerprint density at radius 2 is 1.67 bits per heavy atom. The fourth-order valence-corrected chi connectivity index (χ4v) is 7.13. The highest BCUT2D eigenvalue weighted by Crippen LogP contribution is 2.58. The quantitative estimate of drug-likeness (QED) is 0.291. The van der Waals surface area contributed by atoms with Crippen LogP contribution in [0.25, 0.3) is 5.57 Å². The van der Waals surface area contributed by atoms with Gasteiger partial charge in [0, 0.05) is 22.5 Å². The molecule has 0 aromatic heterocycles. The largest absolute Gasteiger partial charge is 0.352 e. The summed E-state index contributed by atoms with van der Waals surface area (Å²) in [5.74, 6) is -1.39. The van der Waals surface area contributed by atoms with Crippen molar-refractivity contribution in [1.29, 1.82) is 0 Å². The van der Waals surface area contributed by atoms with Crippen molar-refractivity contribution in [3.8, 4) is 0 Å². The average Bonchev–Trinajstić information content (AvgIpc) is 3.42. The lowest BCUT2D eigenvalue weighted by molar-refractivity contribution is -0.122. The number of rotatable bonds is 7. The Bertz CT molecular complexity index is 1500. The molecule has 5 nitrogen and oxygen atoms in total. The highest BCUT2D eigenvalue weighted by atomic mass is 16.2. The van der Waals surface area contributed by atoms with Crippen LogP contribution in [-0.2, 0) is 21.4 Å². The first-order valence-corrected chi connectivity index (χ1v) is 14.0. The zero-order chi connectivity index (χ0) is 27.3. The number of Topliss-reactive ketones (excluding diaryl/α,β-unsaturated/α-hetero) is 2. The summed E-state index contributed by atoms with van der Waals surface area (Å²) >= 11 is 0. The number of carbonyl (C=O) groups is 3. The topological polar surface area (TPSA) is 66.5 Å². The van der Waals surface area contributed by atoms with Gasteiger partial charge >= 0.3 is 0 Å². The predicted octanol–water partition coefficient (Wildman–Crippen LogP) is 6.37. The molecule has 0 aliphatic carbocycles. The molecule has 3 heterocycles. The van der Waals surface area contributed by atoms with Crippen LogP contribution in [0.5, 0.6) is 0 Å². The van der Waals surface area contributed by atoms with E-state index in [1.165, 1.54) is 12.0 Å². The van der Waals surface area contributed by atoms with Crippen molar-refractivity contribution < 1.29 is 14.4 Å². The molecule has 3 aromatic rings. The van der Waals surface area contributed by atoms with Crippen LogP contribution in [0.1, 0.15) is 67.1 Å². The number of anilines is 2. The number of amides is 1. The van der Waals surface area contributed by atoms with Gasteiger partial charge in [0.1, 0.15) is 5.41 Å². The van der Waals surface area contributed by atoms with Crippen LogP contribution >= 0.6 is 0 Å². The van der Waals surface area contributed by atoms with E-state index in [1.807, 2.05) is 84.6 Å². The van der Waals surface area contributed by atoms with E-state index >= 15 is 0 Å². The second-order valence-electron chi connectivity index (χ2n) is 11.1. The maximum atomic E-state index is 14.6. The molecule has 0 saturated carbocycles. The Hall–Kier alpha value is -3.99. The van der Waals surface area contributed by atoms with E-state index in [9.17, 15) is 14.4 Å². The SMILES string of the molecule is CCCCCc1ccc(C(=O)[C@@H]2[C@H](C(C)=O)N3c4ccccc4C(C)=C[C@@H]3[C@@]23C(=O)Nc2ccccc23)cc1. The number of hydrogen-bond acceptors (Lipinski definition) is 4. The predicted molar refractivity (Wildman–Crippen MR) is 155 cm³/mol. The monoisotopic (exact) mass is 518 g/mol. The van der Waals surface area contributed by atoms with Gasteiger partial charge in [0.25, 0.3) is 0 Å². The highest BCUT2D eigenvalue weighted by molar-refractivity contribution is 6.16. The Kier molecular flexibility index (Phi) is 6.25. The molecule has 39 heavy (non-hydrogen) atoms. The van der Waals surface area contributed by atoms with E-state index in [4.69, 9.17) is 0 Å². The second-order valence-corrected chi connectivity index (χ2v) is 11.1. The molecule has 1 saturated heterocycles. The van der Waals surface area contributed by atoms with Gasteiger partial charge in [0.05, 0.1) is 18.0 Å². The minimum Gasteiger partial charge on any atom is -0.352 e. The minimum atomic E-state index is -1.24. The molecular weight excluding hydrogens is 484 g/mol. The van der Waals surface area contributed by atoms with Gasteiger partial charge in [-0.2, -0.15) is 0 Å². The van der Waals surface area contributed by atoms with Gasteiger partial charge in [0.2, 0.25) is 5.91 Å². The standard InChI is InChI=1S/C34H34N2O3/c1-4-5-6-11-23-16-18-24(19-17-23)32(38)30-31(22(3)37)36-28-15-10-7-12-25(28)21(2)20-29(36)34(30)26-13-8-9-14-27(26)35-33(34)39/h7-10,12-20,29-31H,4-6,11H2,1-3H3,(H,35,39)/t29-,30+,31+,34-/m1/s1. The Balaban J connectivity index is 1.54. The summed E-state index contributed by atoms with van der Waals surface area (Å²) in [6, 6.07) is 22.1. The lowest BCUT2D eigenvalue weighted by atomic mass is 9.64. The second kappa shape index (κ2) is 9.64. The first-order chi connectivity index (χ1) is 18.9. The molecule has 3 aliphatic rings. The number of aryl methyl sites for hydroxylation is 1. The van der Waals surface area contributed by atoms with E-state index in [2.05, 4.69) is 18.3 Å². The van der Waals surface area contributed by atoms with Crippen LogP contribution in [0.2, 0.25) is 0 Å². The molecule has 4 atom stereocenters. The van der Waals surface area contributed by atoms with Crippen molar-refractivity contribution in [3.05, 3.63) is 101 Å². The molecule has 5 heteroatoms. The summed E-state index contributed by atoms with van der Waals surface area (Å²) in [5.41, 5.74) is 4.93. The molecule has 198 valence electrons. The molecule has 0 radical (unpaired) electrons. The Morgan fingerprint density at radius 3 is 2.41 bits per heavy atom. The number of para-hydroxylation sites is 2. The van der Waals surface area contributed by atoms with Crippen molar-refractivity contribution in [3.63, 3.8) is 0 Å². The van der Waals surface area contributed by atoms with Crippen LogP contribution < -0.4 is 10.2 Å². The van der Waals surface area contributed by atoms with Crippen molar-refractivity contribution in [2.45, 2.75) is 64.0 Å². The van der Waals surface area contributed by atoms with Gasteiger partial charge in [-0.25, -0.2) is 0 Å². The average molecular weight is 519 g/mol. The molecule has 1 N–H and O–H groups in total. The van der Waals surface area contributed by atoms with E-state index < -0.39 is 23.4 Å². The van der Waals surface area contributed by atoms with Crippen molar-refractivity contribution in [2.24, 2.45) is 5.92 Å².